The Balaban J connectivity index is 1.95. The van der Waals surface area contributed by atoms with Crippen molar-refractivity contribution in [1.82, 2.24) is 4.90 Å². The number of hydrogen-bond donors (Lipinski definition) is 0. The molecule has 1 saturated carbocycles. The fourth-order valence-electron chi connectivity index (χ4n) is 1.62. The second kappa shape index (κ2) is 5.82. The van der Waals surface area contributed by atoms with Gasteiger partial charge in [0.25, 0.3) is 0 Å². The van der Waals surface area contributed by atoms with Gasteiger partial charge in [-0.15, -0.1) is 11.6 Å². The van der Waals surface area contributed by atoms with Gasteiger partial charge in [-0.05, 0) is 38.8 Å². The molecule has 1 aliphatic carbocycles. The third-order valence-electron chi connectivity index (χ3n) is 2.55. The summed E-state index contributed by atoms with van der Waals surface area (Å²) in [5.41, 5.74) is 0. The van der Waals surface area contributed by atoms with Crippen molar-refractivity contribution in [2.24, 2.45) is 0 Å². The van der Waals surface area contributed by atoms with Crippen molar-refractivity contribution >= 4 is 11.6 Å². The first kappa shape index (κ1) is 10.3. The Morgan fingerprint density at radius 1 is 1.25 bits per heavy atom. The molecular formula is C10H20ClN. The van der Waals surface area contributed by atoms with Crippen LogP contribution in [0, 0.1) is 0 Å². The van der Waals surface area contributed by atoms with E-state index in [0.29, 0.717) is 0 Å². The third-order valence-corrected chi connectivity index (χ3v) is 2.82. The van der Waals surface area contributed by atoms with Crippen molar-refractivity contribution in [3.05, 3.63) is 0 Å². The summed E-state index contributed by atoms with van der Waals surface area (Å²) < 4.78 is 0. The third kappa shape index (κ3) is 3.77. The molecular weight excluding hydrogens is 170 g/mol. The molecule has 1 aliphatic rings. The van der Waals surface area contributed by atoms with Crippen molar-refractivity contribution in [3.8, 4) is 0 Å². The zero-order valence-corrected chi connectivity index (χ0v) is 8.82. The van der Waals surface area contributed by atoms with E-state index in [1.54, 1.807) is 0 Å². The summed E-state index contributed by atoms with van der Waals surface area (Å²) in [7, 11) is 0. The molecule has 0 aromatic rings. The number of halogens is 1. The van der Waals surface area contributed by atoms with Crippen LogP contribution in [0.1, 0.15) is 39.0 Å². The molecule has 1 rings (SSSR count). The first-order valence-corrected chi connectivity index (χ1v) is 5.72. The molecule has 0 heterocycles. The normalized spacial score (nSPS) is 17.2. The lowest BCUT2D eigenvalue weighted by atomic mass is 10.2. The minimum Gasteiger partial charge on any atom is -0.301 e. The van der Waals surface area contributed by atoms with Crippen LogP contribution in [0.5, 0.6) is 0 Å². The van der Waals surface area contributed by atoms with Gasteiger partial charge in [0.15, 0.2) is 0 Å². The van der Waals surface area contributed by atoms with Gasteiger partial charge in [-0.1, -0.05) is 13.3 Å². The first-order valence-electron chi connectivity index (χ1n) is 5.18. The predicted octanol–water partition coefficient (Wildman–Crippen LogP) is 2.88. The van der Waals surface area contributed by atoms with E-state index >= 15 is 0 Å². The average molecular weight is 190 g/mol. The van der Waals surface area contributed by atoms with Crippen LogP contribution in [0.15, 0.2) is 0 Å². The Morgan fingerprint density at radius 2 is 2.00 bits per heavy atom. The van der Waals surface area contributed by atoms with Crippen LogP contribution in [0.25, 0.3) is 0 Å². The van der Waals surface area contributed by atoms with Gasteiger partial charge in [0.05, 0.1) is 0 Å². The van der Waals surface area contributed by atoms with Crippen LogP contribution in [0.2, 0.25) is 0 Å². The lowest BCUT2D eigenvalue weighted by Gasteiger charge is -2.19. The molecule has 0 aromatic heterocycles. The van der Waals surface area contributed by atoms with Crippen LogP contribution in [0.3, 0.4) is 0 Å². The number of nitrogens with zero attached hydrogens (tertiary/aromatic N) is 1. The minimum absolute atomic E-state index is 0.829. The zero-order valence-electron chi connectivity index (χ0n) is 8.06. The molecule has 1 nitrogen and oxygen atoms in total. The molecule has 0 aliphatic heterocycles. The average Bonchev–Trinajstić information content (AvgIpc) is 2.88. The van der Waals surface area contributed by atoms with Gasteiger partial charge < -0.3 is 4.90 Å². The van der Waals surface area contributed by atoms with Crippen LogP contribution in [-0.4, -0.2) is 29.9 Å². The van der Waals surface area contributed by atoms with E-state index in [0.717, 1.165) is 11.9 Å². The summed E-state index contributed by atoms with van der Waals surface area (Å²) in [5, 5.41) is 0. The van der Waals surface area contributed by atoms with Gasteiger partial charge >= 0.3 is 0 Å². The highest BCUT2D eigenvalue weighted by molar-refractivity contribution is 6.17. The fraction of sp³-hybridized carbons (Fsp3) is 1.00. The summed E-state index contributed by atoms with van der Waals surface area (Å²) in [4.78, 5) is 2.61. The topological polar surface area (TPSA) is 3.24 Å². The van der Waals surface area contributed by atoms with E-state index in [1.807, 2.05) is 0 Å². The van der Waals surface area contributed by atoms with E-state index in [2.05, 4.69) is 11.8 Å². The molecule has 0 N–H and O–H groups in total. The van der Waals surface area contributed by atoms with Crippen LogP contribution < -0.4 is 0 Å². The van der Waals surface area contributed by atoms with E-state index in [4.69, 9.17) is 11.6 Å². The summed E-state index contributed by atoms with van der Waals surface area (Å²) >= 11 is 5.61. The molecule has 0 amide bonds. The van der Waals surface area contributed by atoms with Crippen molar-refractivity contribution < 1.29 is 0 Å². The van der Waals surface area contributed by atoms with Crippen LogP contribution >= 0.6 is 11.6 Å². The highest BCUT2D eigenvalue weighted by atomic mass is 35.5. The van der Waals surface area contributed by atoms with E-state index in [9.17, 15) is 0 Å². The Hall–Kier alpha value is 0.250. The van der Waals surface area contributed by atoms with E-state index in [-0.39, 0.29) is 0 Å². The first-order chi connectivity index (χ1) is 5.88. The molecule has 72 valence electrons. The lowest BCUT2D eigenvalue weighted by molar-refractivity contribution is 0.271. The summed E-state index contributed by atoms with van der Waals surface area (Å²) in [6.45, 7) is 4.78. The summed E-state index contributed by atoms with van der Waals surface area (Å²) in [6, 6.07) is 0.936. The lowest BCUT2D eigenvalue weighted by Crippen LogP contribution is -2.26. The molecule has 0 spiro atoms. The molecule has 2 heteroatoms. The largest absolute Gasteiger partial charge is 0.301 e. The van der Waals surface area contributed by atoms with E-state index < -0.39 is 0 Å². The van der Waals surface area contributed by atoms with E-state index in [1.165, 1.54) is 45.2 Å². The Morgan fingerprint density at radius 3 is 2.50 bits per heavy atom. The Kier molecular flexibility index (Phi) is 5.01. The van der Waals surface area contributed by atoms with Crippen LogP contribution in [-0.2, 0) is 0 Å². The maximum absolute atomic E-state index is 5.61. The quantitative estimate of drug-likeness (QED) is 0.440. The van der Waals surface area contributed by atoms with Gasteiger partial charge in [0.1, 0.15) is 0 Å². The smallest absolute Gasteiger partial charge is 0.0223 e. The summed E-state index contributed by atoms with van der Waals surface area (Å²) in [6.07, 6.45) is 6.68. The molecule has 0 radical (unpaired) electrons. The monoisotopic (exact) mass is 189 g/mol. The van der Waals surface area contributed by atoms with Gasteiger partial charge in [0.2, 0.25) is 0 Å². The number of unbranched alkanes of at least 4 members (excludes halogenated alkanes) is 2. The number of rotatable bonds is 7. The number of alkyl halides is 1. The van der Waals surface area contributed by atoms with Gasteiger partial charge in [-0.3, -0.25) is 0 Å². The van der Waals surface area contributed by atoms with Gasteiger partial charge in [-0.2, -0.15) is 0 Å². The number of hydrogen-bond acceptors (Lipinski definition) is 1. The standard InChI is InChI=1S/C10H20ClN/c1-2-12(10-6-7-10)9-5-3-4-8-11/h10H,2-9H2,1H3. The highest BCUT2D eigenvalue weighted by Crippen LogP contribution is 2.26. The maximum Gasteiger partial charge on any atom is 0.0223 e. The van der Waals surface area contributed by atoms with Crippen molar-refractivity contribution in [1.29, 1.82) is 0 Å². The molecule has 1 fully saturated rings. The molecule has 12 heavy (non-hydrogen) atoms. The SMILES string of the molecule is CCN(CCCCCCl)C1CC1. The highest BCUT2D eigenvalue weighted by Gasteiger charge is 2.26. The second-order valence-electron chi connectivity index (χ2n) is 3.61. The second-order valence-corrected chi connectivity index (χ2v) is 3.99. The Bertz CT molecular complexity index is 112. The molecule has 0 aromatic carbocycles. The summed E-state index contributed by atoms with van der Waals surface area (Å²) in [5.74, 6) is 0.829. The molecule has 0 bridgehead atoms. The van der Waals surface area contributed by atoms with Gasteiger partial charge in [0, 0.05) is 11.9 Å². The maximum atomic E-state index is 5.61. The van der Waals surface area contributed by atoms with Gasteiger partial charge in [-0.25, -0.2) is 0 Å². The fourth-order valence-corrected chi connectivity index (χ4v) is 1.81. The van der Waals surface area contributed by atoms with Crippen molar-refractivity contribution in [2.45, 2.75) is 45.1 Å². The molecule has 0 atom stereocenters. The predicted molar refractivity (Wildman–Crippen MR) is 54.8 cm³/mol. The van der Waals surface area contributed by atoms with Crippen LogP contribution in [0.4, 0.5) is 0 Å². The molecule has 0 unspecified atom stereocenters. The minimum atomic E-state index is 0.829. The van der Waals surface area contributed by atoms with Crippen molar-refractivity contribution in [3.63, 3.8) is 0 Å². The zero-order chi connectivity index (χ0) is 8.81. The van der Waals surface area contributed by atoms with Crippen molar-refractivity contribution in [2.75, 3.05) is 19.0 Å². The molecule has 0 saturated heterocycles. The Labute approximate surface area is 81.1 Å².